The number of carbonyl (C=O) groups is 2. The Bertz CT molecular complexity index is 591. The Morgan fingerprint density at radius 2 is 1.95 bits per heavy atom. The van der Waals surface area contributed by atoms with Crippen LogP contribution in [0, 0.1) is 11.3 Å². The largest absolute Gasteiger partial charge is 0.477 e. The van der Waals surface area contributed by atoms with E-state index in [2.05, 4.69) is 6.58 Å². The molecule has 0 aromatic heterocycles. The number of carbonyl (C=O) groups excluding carboxylic acids is 1. The van der Waals surface area contributed by atoms with Gasteiger partial charge in [0.25, 0.3) is 0 Å². The van der Waals surface area contributed by atoms with Crippen molar-refractivity contribution in [3.63, 3.8) is 0 Å². The SMILES string of the molecule is C=C(C)C(=O)Oc1ccc(/C=C(\C#N)C(=O)O)cc1. The summed E-state index contributed by atoms with van der Waals surface area (Å²) < 4.78 is 4.97. The molecule has 0 unspecified atom stereocenters. The van der Waals surface area contributed by atoms with Crippen LogP contribution in [-0.2, 0) is 9.59 Å². The molecule has 0 fully saturated rings. The van der Waals surface area contributed by atoms with E-state index in [1.807, 2.05) is 0 Å². The molecule has 0 spiro atoms. The zero-order valence-corrected chi connectivity index (χ0v) is 10.2. The summed E-state index contributed by atoms with van der Waals surface area (Å²) in [5, 5.41) is 17.3. The number of esters is 1. The highest BCUT2D eigenvalue weighted by Crippen LogP contribution is 2.15. The van der Waals surface area contributed by atoms with E-state index in [4.69, 9.17) is 15.1 Å². The van der Waals surface area contributed by atoms with Crippen molar-refractivity contribution in [1.82, 2.24) is 0 Å². The quantitative estimate of drug-likeness (QED) is 0.386. The molecular weight excluding hydrogens is 246 g/mol. The van der Waals surface area contributed by atoms with Crippen molar-refractivity contribution in [3.8, 4) is 11.8 Å². The lowest BCUT2D eigenvalue weighted by Gasteiger charge is -2.03. The van der Waals surface area contributed by atoms with Crippen molar-refractivity contribution < 1.29 is 19.4 Å². The monoisotopic (exact) mass is 257 g/mol. The van der Waals surface area contributed by atoms with Crippen molar-refractivity contribution in [2.24, 2.45) is 0 Å². The summed E-state index contributed by atoms with van der Waals surface area (Å²) in [5.41, 5.74) is 0.433. The molecule has 0 radical (unpaired) electrons. The van der Waals surface area contributed by atoms with E-state index >= 15 is 0 Å². The summed E-state index contributed by atoms with van der Waals surface area (Å²) in [5.74, 6) is -1.51. The summed E-state index contributed by atoms with van der Waals surface area (Å²) >= 11 is 0. The standard InChI is InChI=1S/C14H11NO4/c1-9(2)14(18)19-12-5-3-10(4-6-12)7-11(8-15)13(16)17/h3-7H,1H2,2H3,(H,16,17)/b11-7+. The second-order valence-electron chi connectivity index (χ2n) is 3.71. The van der Waals surface area contributed by atoms with Crippen LogP contribution in [0.4, 0.5) is 0 Å². The summed E-state index contributed by atoms with van der Waals surface area (Å²) in [4.78, 5) is 21.9. The molecule has 1 aromatic carbocycles. The fourth-order valence-corrected chi connectivity index (χ4v) is 1.13. The number of rotatable bonds is 4. The summed E-state index contributed by atoms with van der Waals surface area (Å²) in [6.07, 6.45) is 1.23. The maximum atomic E-state index is 11.3. The zero-order valence-electron chi connectivity index (χ0n) is 10.2. The number of carboxylic acid groups (broad SMARTS) is 1. The van der Waals surface area contributed by atoms with Gasteiger partial charge < -0.3 is 9.84 Å². The first-order valence-electron chi connectivity index (χ1n) is 5.27. The van der Waals surface area contributed by atoms with Gasteiger partial charge in [0.05, 0.1) is 0 Å². The van der Waals surface area contributed by atoms with Crippen LogP contribution in [-0.4, -0.2) is 17.0 Å². The van der Waals surface area contributed by atoms with Crippen LogP contribution in [0.1, 0.15) is 12.5 Å². The van der Waals surface area contributed by atoms with Crippen LogP contribution in [0.15, 0.2) is 42.0 Å². The summed E-state index contributed by atoms with van der Waals surface area (Å²) in [7, 11) is 0. The van der Waals surface area contributed by atoms with Crippen LogP contribution in [0.5, 0.6) is 5.75 Å². The molecule has 0 aliphatic heterocycles. The van der Waals surface area contributed by atoms with E-state index in [0.717, 1.165) is 0 Å². The summed E-state index contributed by atoms with van der Waals surface area (Å²) in [6, 6.07) is 7.67. The number of hydrogen-bond donors (Lipinski definition) is 1. The van der Waals surface area contributed by atoms with Gasteiger partial charge in [-0.15, -0.1) is 0 Å². The third-order valence-corrected chi connectivity index (χ3v) is 2.10. The molecule has 1 N–H and O–H groups in total. The minimum absolute atomic E-state index is 0.279. The van der Waals surface area contributed by atoms with Crippen LogP contribution in [0.3, 0.4) is 0 Å². The van der Waals surface area contributed by atoms with Gasteiger partial charge in [-0.25, -0.2) is 9.59 Å². The summed E-state index contributed by atoms with van der Waals surface area (Å²) in [6.45, 7) is 4.99. The first kappa shape index (κ1) is 14.2. The predicted molar refractivity (Wildman–Crippen MR) is 68.1 cm³/mol. The molecule has 5 nitrogen and oxygen atoms in total. The van der Waals surface area contributed by atoms with E-state index in [-0.39, 0.29) is 11.1 Å². The molecule has 0 bridgehead atoms. The van der Waals surface area contributed by atoms with Gasteiger partial charge in [-0.1, -0.05) is 18.7 Å². The van der Waals surface area contributed by atoms with Gasteiger partial charge >= 0.3 is 11.9 Å². The van der Waals surface area contributed by atoms with Gasteiger partial charge in [-0.05, 0) is 30.7 Å². The number of nitriles is 1. The Labute approximate surface area is 110 Å². The molecule has 0 heterocycles. The fraction of sp³-hybridized carbons (Fsp3) is 0.0714. The molecule has 1 aromatic rings. The highest BCUT2D eigenvalue weighted by atomic mass is 16.5. The van der Waals surface area contributed by atoms with E-state index in [1.54, 1.807) is 18.2 Å². The highest BCUT2D eigenvalue weighted by molar-refractivity contribution is 5.96. The van der Waals surface area contributed by atoms with Gasteiger partial charge in [0.2, 0.25) is 0 Å². The number of carboxylic acids is 1. The normalized spacial score (nSPS) is 10.4. The van der Waals surface area contributed by atoms with Gasteiger partial charge in [0, 0.05) is 5.57 Å². The van der Waals surface area contributed by atoms with Crippen molar-refractivity contribution in [2.75, 3.05) is 0 Å². The third-order valence-electron chi connectivity index (χ3n) is 2.10. The topological polar surface area (TPSA) is 87.4 Å². The Morgan fingerprint density at radius 1 is 1.37 bits per heavy atom. The lowest BCUT2D eigenvalue weighted by molar-refractivity contribution is -0.132. The average Bonchev–Trinajstić information content (AvgIpc) is 2.37. The molecule has 0 atom stereocenters. The fourth-order valence-electron chi connectivity index (χ4n) is 1.13. The van der Waals surface area contributed by atoms with E-state index < -0.39 is 11.9 Å². The van der Waals surface area contributed by atoms with Crippen LogP contribution >= 0.6 is 0 Å². The van der Waals surface area contributed by atoms with Crippen LogP contribution in [0.25, 0.3) is 6.08 Å². The number of ether oxygens (including phenoxy) is 1. The smallest absolute Gasteiger partial charge is 0.346 e. The van der Waals surface area contributed by atoms with Crippen LogP contribution in [0.2, 0.25) is 0 Å². The minimum atomic E-state index is -1.29. The second kappa shape index (κ2) is 6.17. The molecule has 96 valence electrons. The number of hydrogen-bond acceptors (Lipinski definition) is 4. The van der Waals surface area contributed by atoms with E-state index in [1.165, 1.54) is 25.1 Å². The molecule has 0 saturated heterocycles. The molecule has 19 heavy (non-hydrogen) atoms. The van der Waals surface area contributed by atoms with Crippen molar-refractivity contribution in [3.05, 3.63) is 47.6 Å². The lowest BCUT2D eigenvalue weighted by Crippen LogP contribution is -2.07. The maximum absolute atomic E-state index is 11.3. The molecule has 5 heteroatoms. The van der Waals surface area contributed by atoms with Crippen molar-refractivity contribution in [1.29, 1.82) is 5.26 Å². The van der Waals surface area contributed by atoms with Crippen LogP contribution < -0.4 is 4.74 Å². The molecule has 1 rings (SSSR count). The zero-order chi connectivity index (χ0) is 14.4. The minimum Gasteiger partial charge on any atom is -0.477 e. The Morgan fingerprint density at radius 3 is 2.37 bits per heavy atom. The first-order chi connectivity index (χ1) is 8.93. The number of benzene rings is 1. The molecule has 0 saturated carbocycles. The van der Waals surface area contributed by atoms with E-state index in [9.17, 15) is 9.59 Å². The molecule has 0 aliphatic rings. The Hall–Kier alpha value is -2.87. The molecular formula is C14H11NO4. The highest BCUT2D eigenvalue weighted by Gasteiger charge is 2.07. The number of aliphatic carboxylic acids is 1. The van der Waals surface area contributed by atoms with Gasteiger partial charge in [-0.2, -0.15) is 5.26 Å². The molecule has 0 amide bonds. The molecule has 0 aliphatic carbocycles. The number of nitrogens with zero attached hydrogens (tertiary/aromatic N) is 1. The third kappa shape index (κ3) is 4.13. The van der Waals surface area contributed by atoms with Gasteiger partial charge in [0.15, 0.2) is 0 Å². The van der Waals surface area contributed by atoms with Crippen molar-refractivity contribution in [2.45, 2.75) is 6.92 Å². The van der Waals surface area contributed by atoms with Gasteiger partial charge in [-0.3, -0.25) is 0 Å². The average molecular weight is 257 g/mol. The predicted octanol–water partition coefficient (Wildman–Crippen LogP) is 2.16. The Kier molecular flexibility index (Phi) is 4.61. The van der Waals surface area contributed by atoms with E-state index in [0.29, 0.717) is 11.3 Å². The Balaban J connectivity index is 2.89. The first-order valence-corrected chi connectivity index (χ1v) is 5.27. The van der Waals surface area contributed by atoms with Gasteiger partial charge in [0.1, 0.15) is 17.4 Å². The lowest BCUT2D eigenvalue weighted by atomic mass is 10.1. The second-order valence-corrected chi connectivity index (χ2v) is 3.71. The maximum Gasteiger partial charge on any atom is 0.346 e. The van der Waals surface area contributed by atoms with Crippen molar-refractivity contribution >= 4 is 18.0 Å².